The number of carbonyl (C=O) groups excluding carboxylic acids is 1. The van der Waals surface area contributed by atoms with E-state index in [9.17, 15) is 13.6 Å². The van der Waals surface area contributed by atoms with Gasteiger partial charge in [0.1, 0.15) is 17.2 Å². The summed E-state index contributed by atoms with van der Waals surface area (Å²) in [6.07, 6.45) is 4.20. The Balaban J connectivity index is 1.26. The number of rotatable bonds is 9. The lowest BCUT2D eigenvalue weighted by Crippen LogP contribution is -2.18. The number of nitrogens with zero attached hydrogens (tertiary/aromatic N) is 4. The molecule has 1 saturated heterocycles. The lowest BCUT2D eigenvalue weighted by molar-refractivity contribution is 0.101. The zero-order chi connectivity index (χ0) is 29.8. The van der Waals surface area contributed by atoms with E-state index in [1.54, 1.807) is 31.4 Å². The van der Waals surface area contributed by atoms with Crippen molar-refractivity contribution in [1.29, 1.82) is 0 Å². The van der Waals surface area contributed by atoms with E-state index in [0.29, 0.717) is 33.7 Å². The van der Waals surface area contributed by atoms with Gasteiger partial charge < -0.3 is 16.0 Å². The molecule has 0 aliphatic carbocycles. The third kappa shape index (κ3) is 6.52. The lowest BCUT2D eigenvalue weighted by Gasteiger charge is -2.15. The Morgan fingerprint density at radius 1 is 0.930 bits per heavy atom. The minimum Gasteiger partial charge on any atom is -0.365 e. The Morgan fingerprint density at radius 2 is 1.67 bits per heavy atom. The highest BCUT2D eigenvalue weighted by Crippen LogP contribution is 2.39. The highest BCUT2D eigenvalue weighted by molar-refractivity contribution is 7.19. The molecular weight excluding hydrogens is 568 g/mol. The highest BCUT2D eigenvalue weighted by atomic mass is 32.1. The third-order valence-electron chi connectivity index (χ3n) is 7.10. The van der Waals surface area contributed by atoms with Crippen molar-refractivity contribution in [2.45, 2.75) is 19.4 Å². The second kappa shape index (κ2) is 12.6. The lowest BCUT2D eigenvalue weighted by atomic mass is 10.1. The number of hydrogen-bond acceptors (Lipinski definition) is 8. The molecule has 0 radical (unpaired) electrons. The van der Waals surface area contributed by atoms with Crippen LogP contribution in [0, 0.1) is 11.6 Å². The molecule has 0 spiro atoms. The maximum Gasteiger partial charge on any atom is 0.261 e. The number of nitrogens with one attached hydrogen (secondary N) is 3. The molecule has 6 rings (SSSR count). The standard InChI is InChI=1S/C32H29F2N7OS/c1-35-32-40-28(21-8-5-10-23(18-21)37-30(42)27-24(33)11-6-12-25(27)34)29(43-32)26-13-14-36-31(39-26)38-22-9-4-7-20(17-22)19-41-15-2-3-16-41/h4-14,17-18H,2-3,15-16,19H2,1H3,(H,35,40)(H,37,42)(H,36,38,39). The van der Waals surface area contributed by atoms with Crippen molar-refractivity contribution in [3.05, 3.63) is 102 Å². The number of anilines is 4. The number of benzene rings is 3. The number of carbonyl (C=O) groups is 1. The number of likely N-dealkylation sites (tertiary alicyclic amines) is 1. The molecule has 11 heteroatoms. The fourth-order valence-corrected chi connectivity index (χ4v) is 5.98. The van der Waals surface area contributed by atoms with E-state index >= 15 is 0 Å². The monoisotopic (exact) mass is 597 g/mol. The number of amides is 1. The molecule has 8 nitrogen and oxygen atoms in total. The highest BCUT2D eigenvalue weighted by Gasteiger charge is 2.20. The van der Waals surface area contributed by atoms with Gasteiger partial charge >= 0.3 is 0 Å². The first-order valence-electron chi connectivity index (χ1n) is 13.9. The zero-order valence-electron chi connectivity index (χ0n) is 23.4. The molecule has 43 heavy (non-hydrogen) atoms. The van der Waals surface area contributed by atoms with Crippen LogP contribution in [0.15, 0.2) is 79.0 Å². The smallest absolute Gasteiger partial charge is 0.261 e. The predicted molar refractivity (Wildman–Crippen MR) is 167 cm³/mol. The normalized spacial score (nSPS) is 13.2. The summed E-state index contributed by atoms with van der Waals surface area (Å²) >= 11 is 1.43. The fourth-order valence-electron chi connectivity index (χ4n) is 5.07. The summed E-state index contributed by atoms with van der Waals surface area (Å²) in [5, 5.41) is 9.70. The van der Waals surface area contributed by atoms with Gasteiger partial charge in [0.2, 0.25) is 5.95 Å². The molecule has 0 saturated carbocycles. The van der Waals surface area contributed by atoms with Crippen molar-refractivity contribution in [3.63, 3.8) is 0 Å². The number of aromatic nitrogens is 3. The summed E-state index contributed by atoms with van der Waals surface area (Å²) in [4.78, 5) is 29.9. The van der Waals surface area contributed by atoms with Gasteiger partial charge in [-0.05, 0) is 74.0 Å². The van der Waals surface area contributed by atoms with Crippen molar-refractivity contribution in [2.24, 2.45) is 0 Å². The Hall–Kier alpha value is -4.74. The molecule has 3 heterocycles. The van der Waals surface area contributed by atoms with Crippen molar-refractivity contribution < 1.29 is 13.6 Å². The first kappa shape index (κ1) is 28.4. The van der Waals surface area contributed by atoms with E-state index in [0.717, 1.165) is 42.3 Å². The average molecular weight is 598 g/mol. The molecule has 2 aromatic heterocycles. The van der Waals surface area contributed by atoms with Crippen LogP contribution < -0.4 is 16.0 Å². The maximum atomic E-state index is 14.2. The molecule has 0 unspecified atom stereocenters. The molecule has 1 aliphatic rings. The summed E-state index contributed by atoms with van der Waals surface area (Å²) in [5.41, 5.74) is 3.88. The topological polar surface area (TPSA) is 95.1 Å². The summed E-state index contributed by atoms with van der Waals surface area (Å²) < 4.78 is 28.3. The van der Waals surface area contributed by atoms with Crippen molar-refractivity contribution in [1.82, 2.24) is 19.9 Å². The van der Waals surface area contributed by atoms with Crippen LogP contribution in [-0.4, -0.2) is 45.9 Å². The van der Waals surface area contributed by atoms with E-state index < -0.39 is 23.1 Å². The Kier molecular flexibility index (Phi) is 8.34. The predicted octanol–water partition coefficient (Wildman–Crippen LogP) is 7.18. The van der Waals surface area contributed by atoms with Gasteiger partial charge in [0, 0.05) is 36.7 Å². The fraction of sp³-hybridized carbons (Fsp3) is 0.188. The number of thiazole rings is 1. The number of hydrogen-bond donors (Lipinski definition) is 3. The largest absolute Gasteiger partial charge is 0.365 e. The van der Waals surface area contributed by atoms with E-state index in [2.05, 4.69) is 38.0 Å². The molecule has 1 fully saturated rings. The molecule has 5 aromatic rings. The minimum atomic E-state index is -0.930. The SMILES string of the molecule is CNc1nc(-c2cccc(NC(=O)c3c(F)cccc3F)c2)c(-c2ccnc(Nc3cccc(CN4CCCC4)c3)n2)s1. The maximum absolute atomic E-state index is 14.2. The summed E-state index contributed by atoms with van der Waals surface area (Å²) in [7, 11) is 1.79. The molecule has 3 aromatic carbocycles. The van der Waals surface area contributed by atoms with E-state index in [1.807, 2.05) is 24.3 Å². The summed E-state index contributed by atoms with van der Waals surface area (Å²) in [5.74, 6) is -2.28. The van der Waals surface area contributed by atoms with Crippen LogP contribution >= 0.6 is 11.3 Å². The first-order chi connectivity index (χ1) is 21.0. The second-order valence-corrected chi connectivity index (χ2v) is 11.2. The molecular formula is C32H29F2N7OS. The van der Waals surface area contributed by atoms with Crippen molar-refractivity contribution >= 4 is 39.7 Å². The van der Waals surface area contributed by atoms with Crippen LogP contribution in [0.5, 0.6) is 0 Å². The van der Waals surface area contributed by atoms with E-state index in [1.165, 1.54) is 35.8 Å². The summed E-state index contributed by atoms with van der Waals surface area (Å²) in [6.45, 7) is 3.18. The van der Waals surface area contributed by atoms with E-state index in [-0.39, 0.29) is 0 Å². The zero-order valence-corrected chi connectivity index (χ0v) is 24.2. The van der Waals surface area contributed by atoms with Gasteiger partial charge in [0.15, 0.2) is 5.13 Å². The molecule has 1 aliphatic heterocycles. The van der Waals surface area contributed by atoms with Gasteiger partial charge in [-0.3, -0.25) is 9.69 Å². The van der Waals surface area contributed by atoms with Gasteiger partial charge in [-0.15, -0.1) is 0 Å². The minimum absolute atomic E-state index is 0.369. The third-order valence-corrected chi connectivity index (χ3v) is 8.20. The van der Waals surface area contributed by atoms with Crippen molar-refractivity contribution in [3.8, 4) is 21.8 Å². The van der Waals surface area contributed by atoms with Gasteiger partial charge in [-0.2, -0.15) is 0 Å². The van der Waals surface area contributed by atoms with E-state index in [4.69, 9.17) is 9.97 Å². The van der Waals surface area contributed by atoms with Gasteiger partial charge in [0.05, 0.1) is 16.3 Å². The summed E-state index contributed by atoms with van der Waals surface area (Å²) in [6, 6.07) is 20.4. The Bertz CT molecular complexity index is 1750. The Morgan fingerprint density at radius 3 is 2.47 bits per heavy atom. The Labute approximate surface area is 251 Å². The first-order valence-corrected chi connectivity index (χ1v) is 14.7. The second-order valence-electron chi connectivity index (χ2n) is 10.2. The van der Waals surface area contributed by atoms with Gasteiger partial charge in [-0.25, -0.2) is 23.7 Å². The van der Waals surface area contributed by atoms with Crippen LogP contribution in [0.4, 0.5) is 31.2 Å². The van der Waals surface area contributed by atoms with Gasteiger partial charge in [-0.1, -0.05) is 41.7 Å². The van der Waals surface area contributed by atoms with Crippen LogP contribution in [-0.2, 0) is 6.54 Å². The van der Waals surface area contributed by atoms with Crippen molar-refractivity contribution in [2.75, 3.05) is 36.1 Å². The van der Waals surface area contributed by atoms with Crippen LogP contribution in [0.1, 0.15) is 28.8 Å². The van der Waals surface area contributed by atoms with Crippen LogP contribution in [0.2, 0.25) is 0 Å². The molecule has 218 valence electrons. The molecule has 3 N–H and O–H groups in total. The van der Waals surface area contributed by atoms with Crippen LogP contribution in [0.25, 0.3) is 21.8 Å². The van der Waals surface area contributed by atoms with Crippen LogP contribution in [0.3, 0.4) is 0 Å². The molecule has 1 amide bonds. The number of halogens is 2. The van der Waals surface area contributed by atoms with Gasteiger partial charge in [0.25, 0.3) is 5.91 Å². The average Bonchev–Trinajstić information content (AvgIpc) is 3.68. The molecule has 0 bridgehead atoms. The molecule has 0 atom stereocenters. The quantitative estimate of drug-likeness (QED) is 0.166.